The summed E-state index contributed by atoms with van der Waals surface area (Å²) in [6.07, 6.45) is 0. The number of rotatable bonds is 5. The van der Waals surface area contributed by atoms with E-state index in [0.29, 0.717) is 5.56 Å². The van der Waals surface area contributed by atoms with Crippen molar-refractivity contribution >= 4 is 40.8 Å². The van der Waals surface area contributed by atoms with Crippen molar-refractivity contribution in [2.24, 2.45) is 0 Å². The first-order valence-corrected chi connectivity index (χ1v) is 9.45. The predicted octanol–water partition coefficient (Wildman–Crippen LogP) is 6.13. The van der Waals surface area contributed by atoms with Crippen LogP contribution in [0.2, 0.25) is 15.1 Å². The number of benzene rings is 2. The molecule has 29 heavy (non-hydrogen) atoms. The molecule has 0 aliphatic heterocycles. The van der Waals surface area contributed by atoms with Crippen LogP contribution in [0.5, 0.6) is 11.6 Å². The molecule has 0 saturated carbocycles. The van der Waals surface area contributed by atoms with E-state index in [9.17, 15) is 19.1 Å². The molecule has 0 bridgehead atoms. The molecular weight excluding hydrogens is 444 g/mol. The zero-order valence-electron chi connectivity index (χ0n) is 14.9. The fourth-order valence-electron chi connectivity index (χ4n) is 2.84. The number of ether oxygens (including phenoxy) is 1. The third kappa shape index (κ3) is 4.24. The molecule has 0 spiro atoms. The second kappa shape index (κ2) is 8.45. The Morgan fingerprint density at radius 3 is 2.38 bits per heavy atom. The van der Waals surface area contributed by atoms with Gasteiger partial charge in [0, 0.05) is 24.2 Å². The quantitative estimate of drug-likeness (QED) is 0.502. The van der Waals surface area contributed by atoms with Crippen molar-refractivity contribution < 1.29 is 19.0 Å². The minimum absolute atomic E-state index is 0.00364. The minimum atomic E-state index is -1.41. The molecule has 150 valence electrons. The van der Waals surface area contributed by atoms with E-state index in [0.717, 1.165) is 18.2 Å². The number of carbonyl (C=O) groups is 1. The van der Waals surface area contributed by atoms with Gasteiger partial charge in [0.25, 0.3) is 0 Å². The zero-order valence-corrected chi connectivity index (χ0v) is 17.1. The average molecular weight is 457 g/mol. The van der Waals surface area contributed by atoms with Gasteiger partial charge >= 0.3 is 5.97 Å². The van der Waals surface area contributed by atoms with Crippen LogP contribution in [0.1, 0.15) is 17.3 Å². The van der Waals surface area contributed by atoms with Gasteiger partial charge in [-0.05, 0) is 31.2 Å². The zero-order chi connectivity index (χ0) is 21.3. The molecule has 3 aromatic rings. The van der Waals surface area contributed by atoms with Crippen molar-refractivity contribution in [3.8, 4) is 22.9 Å². The van der Waals surface area contributed by atoms with Crippen LogP contribution in [-0.4, -0.2) is 15.6 Å². The maximum atomic E-state index is 13.6. The number of carboxylic acid groups (broad SMARTS) is 1. The lowest BCUT2D eigenvalue weighted by Crippen LogP contribution is -2.21. The first-order chi connectivity index (χ1) is 13.7. The fourth-order valence-corrected chi connectivity index (χ4v) is 3.30. The van der Waals surface area contributed by atoms with E-state index in [2.05, 4.69) is 0 Å². The maximum Gasteiger partial charge on any atom is 0.341 e. The van der Waals surface area contributed by atoms with Gasteiger partial charge in [0.05, 0.1) is 20.8 Å². The molecule has 0 radical (unpaired) electrons. The minimum Gasteiger partial charge on any atom is -0.477 e. The summed E-state index contributed by atoms with van der Waals surface area (Å²) in [7, 11) is 0. The van der Waals surface area contributed by atoms with E-state index in [-0.39, 0.29) is 38.9 Å². The monoisotopic (exact) mass is 455 g/mol. The van der Waals surface area contributed by atoms with Crippen LogP contribution in [0.25, 0.3) is 11.3 Å². The number of pyridine rings is 1. The Labute approximate surface area is 179 Å². The van der Waals surface area contributed by atoms with E-state index in [1.54, 1.807) is 13.0 Å². The molecule has 1 N–H and O–H groups in total. The van der Waals surface area contributed by atoms with Gasteiger partial charge in [-0.15, -0.1) is 0 Å². The molecule has 2 aromatic carbocycles. The SMILES string of the molecule is CCn1c(Oc2cc(F)ccc2Cl)cc(=O)c(C(=O)O)c1-c1ccc(Cl)c(Cl)c1. The highest BCUT2D eigenvalue weighted by Crippen LogP contribution is 2.35. The summed E-state index contributed by atoms with van der Waals surface area (Å²) < 4.78 is 20.7. The molecule has 0 unspecified atom stereocenters. The Kier molecular flexibility index (Phi) is 6.17. The molecule has 0 saturated heterocycles. The Bertz CT molecular complexity index is 1180. The van der Waals surface area contributed by atoms with Gasteiger partial charge < -0.3 is 14.4 Å². The first kappa shape index (κ1) is 21.2. The Morgan fingerprint density at radius 1 is 1.07 bits per heavy atom. The maximum absolute atomic E-state index is 13.6. The number of aromatic nitrogens is 1. The predicted molar refractivity (Wildman–Crippen MR) is 110 cm³/mol. The van der Waals surface area contributed by atoms with Gasteiger partial charge in [0.15, 0.2) is 5.75 Å². The van der Waals surface area contributed by atoms with Crippen LogP contribution in [0.15, 0.2) is 47.3 Å². The molecule has 3 rings (SSSR count). The lowest BCUT2D eigenvalue weighted by atomic mass is 10.0. The van der Waals surface area contributed by atoms with Crippen molar-refractivity contribution in [2.45, 2.75) is 13.5 Å². The number of nitrogens with zero attached hydrogens (tertiary/aromatic N) is 1. The van der Waals surface area contributed by atoms with Crippen LogP contribution < -0.4 is 10.2 Å². The van der Waals surface area contributed by atoms with Crippen molar-refractivity contribution in [1.29, 1.82) is 0 Å². The van der Waals surface area contributed by atoms with Crippen molar-refractivity contribution in [3.63, 3.8) is 0 Å². The molecule has 0 amide bonds. The van der Waals surface area contributed by atoms with E-state index >= 15 is 0 Å². The topological polar surface area (TPSA) is 68.5 Å². The van der Waals surface area contributed by atoms with Crippen LogP contribution in [0, 0.1) is 5.82 Å². The van der Waals surface area contributed by atoms with Gasteiger partial charge in [0.2, 0.25) is 11.3 Å². The highest BCUT2D eigenvalue weighted by atomic mass is 35.5. The second-order valence-electron chi connectivity index (χ2n) is 5.93. The number of carboxylic acids is 1. The van der Waals surface area contributed by atoms with E-state index in [4.69, 9.17) is 39.5 Å². The van der Waals surface area contributed by atoms with Gasteiger partial charge in [-0.1, -0.05) is 40.9 Å². The highest BCUT2D eigenvalue weighted by Gasteiger charge is 2.23. The van der Waals surface area contributed by atoms with Crippen molar-refractivity contribution in [1.82, 2.24) is 4.57 Å². The Balaban J connectivity index is 2.30. The third-order valence-electron chi connectivity index (χ3n) is 4.10. The molecule has 0 aliphatic carbocycles. The van der Waals surface area contributed by atoms with Crippen LogP contribution in [-0.2, 0) is 6.54 Å². The summed E-state index contributed by atoms with van der Waals surface area (Å²) >= 11 is 18.1. The summed E-state index contributed by atoms with van der Waals surface area (Å²) in [4.78, 5) is 24.4. The van der Waals surface area contributed by atoms with Gasteiger partial charge in [-0.2, -0.15) is 0 Å². The summed E-state index contributed by atoms with van der Waals surface area (Å²) in [5.41, 5.74) is -0.811. The molecule has 0 fully saturated rings. The number of hydrogen-bond donors (Lipinski definition) is 1. The van der Waals surface area contributed by atoms with Crippen molar-refractivity contribution in [3.05, 3.63) is 79.1 Å². The Morgan fingerprint density at radius 2 is 1.76 bits per heavy atom. The molecule has 5 nitrogen and oxygen atoms in total. The van der Waals surface area contributed by atoms with E-state index < -0.39 is 22.8 Å². The van der Waals surface area contributed by atoms with Crippen molar-refractivity contribution in [2.75, 3.05) is 0 Å². The number of hydrogen-bond acceptors (Lipinski definition) is 3. The molecule has 0 atom stereocenters. The number of halogens is 4. The van der Waals surface area contributed by atoms with Crippen LogP contribution in [0.4, 0.5) is 4.39 Å². The molecule has 1 aromatic heterocycles. The lowest BCUT2D eigenvalue weighted by molar-refractivity contribution is 0.0695. The van der Waals surface area contributed by atoms with Gasteiger partial charge in [-0.25, -0.2) is 9.18 Å². The van der Waals surface area contributed by atoms with Crippen LogP contribution >= 0.6 is 34.8 Å². The summed E-state index contributed by atoms with van der Waals surface area (Å²) in [5.74, 6) is -2.01. The van der Waals surface area contributed by atoms with Gasteiger partial charge in [0.1, 0.15) is 11.4 Å². The van der Waals surface area contributed by atoms with Crippen LogP contribution in [0.3, 0.4) is 0 Å². The fraction of sp³-hybridized carbons (Fsp3) is 0.100. The number of aromatic carboxylic acids is 1. The molecule has 9 heteroatoms. The largest absolute Gasteiger partial charge is 0.477 e. The molecule has 0 aliphatic rings. The van der Waals surface area contributed by atoms with E-state index in [1.807, 2.05) is 0 Å². The normalized spacial score (nSPS) is 10.8. The first-order valence-electron chi connectivity index (χ1n) is 8.32. The second-order valence-corrected chi connectivity index (χ2v) is 7.15. The standard InChI is InChI=1S/C20H13Cl3FNO4/c1-2-25-17(29-16-8-11(24)4-6-13(16)22)9-15(26)18(20(27)28)19(25)10-3-5-12(21)14(23)7-10/h3-9H,2H2,1H3,(H,27,28). The summed E-state index contributed by atoms with van der Waals surface area (Å²) in [5, 5.41) is 10.2. The van der Waals surface area contributed by atoms with E-state index in [1.165, 1.54) is 22.8 Å². The summed E-state index contributed by atoms with van der Waals surface area (Å²) in [6, 6.07) is 9.05. The Hall–Kier alpha value is -2.54. The smallest absolute Gasteiger partial charge is 0.341 e. The summed E-state index contributed by atoms with van der Waals surface area (Å²) in [6.45, 7) is 1.97. The molecular formula is C20H13Cl3FNO4. The van der Waals surface area contributed by atoms with Gasteiger partial charge in [-0.3, -0.25) is 4.79 Å². The lowest BCUT2D eigenvalue weighted by Gasteiger charge is -2.20. The average Bonchev–Trinajstić information content (AvgIpc) is 2.66. The highest BCUT2D eigenvalue weighted by molar-refractivity contribution is 6.42. The molecule has 1 heterocycles. The third-order valence-corrected chi connectivity index (χ3v) is 5.16.